The zero-order valence-electron chi connectivity index (χ0n) is 13.6. The van der Waals surface area contributed by atoms with Crippen LogP contribution in [0.15, 0.2) is 12.1 Å². The maximum absolute atomic E-state index is 12.6. The van der Waals surface area contributed by atoms with Crippen LogP contribution >= 0.6 is 11.6 Å². The minimum Gasteiger partial charge on any atom is -0.489 e. The van der Waals surface area contributed by atoms with Gasteiger partial charge in [0.2, 0.25) is 5.91 Å². The average molecular weight is 338 g/mol. The highest BCUT2D eigenvalue weighted by Gasteiger charge is 2.23. The molecule has 0 atom stereocenters. The number of halogens is 1. The molecule has 1 aliphatic heterocycles. The number of nitrogens with zero attached hydrogens (tertiary/aromatic N) is 1. The first-order chi connectivity index (χ1) is 11.1. The van der Waals surface area contributed by atoms with Gasteiger partial charge in [-0.2, -0.15) is 0 Å². The fourth-order valence-corrected chi connectivity index (χ4v) is 3.65. The summed E-state index contributed by atoms with van der Waals surface area (Å²) in [6.45, 7) is 1.22. The van der Waals surface area contributed by atoms with E-state index < -0.39 is 0 Å². The molecule has 0 radical (unpaired) electrons. The molecule has 0 aromatic heterocycles. The molecule has 1 amide bonds. The van der Waals surface area contributed by atoms with Gasteiger partial charge in [-0.05, 0) is 30.5 Å². The number of amides is 1. The van der Waals surface area contributed by atoms with Crippen LogP contribution in [0.5, 0.6) is 11.5 Å². The van der Waals surface area contributed by atoms with Crippen LogP contribution in [0.25, 0.3) is 0 Å². The largest absolute Gasteiger partial charge is 0.489 e. The van der Waals surface area contributed by atoms with Gasteiger partial charge in [0, 0.05) is 19.5 Å². The summed E-state index contributed by atoms with van der Waals surface area (Å²) in [4.78, 5) is 14.5. The second-order valence-electron chi connectivity index (χ2n) is 6.43. The first kappa shape index (κ1) is 16.4. The Morgan fingerprint density at radius 3 is 2.70 bits per heavy atom. The molecule has 0 spiro atoms. The molecular weight excluding hydrogens is 314 g/mol. The zero-order valence-corrected chi connectivity index (χ0v) is 14.4. The van der Waals surface area contributed by atoms with Gasteiger partial charge >= 0.3 is 0 Å². The molecule has 126 valence electrons. The van der Waals surface area contributed by atoms with Crippen LogP contribution < -0.4 is 9.47 Å². The molecule has 1 aromatic rings. The second-order valence-corrected chi connectivity index (χ2v) is 6.84. The molecular formula is C18H24ClNO3. The monoisotopic (exact) mass is 337 g/mol. The Bertz CT molecular complexity index is 570. The third-order valence-electron chi connectivity index (χ3n) is 4.73. The zero-order chi connectivity index (χ0) is 16.2. The predicted molar refractivity (Wildman–Crippen MR) is 90.4 cm³/mol. The molecule has 0 N–H and O–H groups in total. The molecule has 4 nitrogen and oxygen atoms in total. The molecule has 2 aliphatic rings. The lowest BCUT2D eigenvalue weighted by Crippen LogP contribution is -2.39. The highest BCUT2D eigenvalue weighted by Crippen LogP contribution is 2.38. The number of likely N-dealkylation sites (N-methyl/N-ethyl adjacent to an activating group) is 1. The van der Waals surface area contributed by atoms with E-state index in [1.54, 1.807) is 0 Å². The van der Waals surface area contributed by atoms with Gasteiger partial charge in [-0.1, -0.05) is 30.9 Å². The third kappa shape index (κ3) is 3.92. The van der Waals surface area contributed by atoms with Crippen molar-refractivity contribution >= 4 is 17.5 Å². The van der Waals surface area contributed by atoms with Crippen molar-refractivity contribution in [3.63, 3.8) is 0 Å². The number of carbonyl (C=O) groups is 1. The van der Waals surface area contributed by atoms with Crippen LogP contribution in [0.2, 0.25) is 5.02 Å². The summed E-state index contributed by atoms with van der Waals surface area (Å²) >= 11 is 6.30. The first-order valence-corrected chi connectivity index (χ1v) is 8.86. The summed E-state index contributed by atoms with van der Waals surface area (Å²) < 4.78 is 11.3. The third-order valence-corrected chi connectivity index (χ3v) is 5.01. The van der Waals surface area contributed by atoms with Gasteiger partial charge in [-0.15, -0.1) is 0 Å². The Morgan fingerprint density at radius 2 is 1.91 bits per heavy atom. The van der Waals surface area contributed by atoms with E-state index in [-0.39, 0.29) is 5.91 Å². The van der Waals surface area contributed by atoms with Gasteiger partial charge in [0.05, 0.1) is 24.7 Å². The van der Waals surface area contributed by atoms with Gasteiger partial charge in [0.25, 0.3) is 0 Å². The maximum Gasteiger partial charge on any atom is 0.226 e. The summed E-state index contributed by atoms with van der Waals surface area (Å²) in [5, 5.41) is 0.521. The molecule has 1 fully saturated rings. The van der Waals surface area contributed by atoms with Gasteiger partial charge in [-0.3, -0.25) is 4.79 Å². The van der Waals surface area contributed by atoms with Gasteiger partial charge in [0.15, 0.2) is 11.5 Å². The van der Waals surface area contributed by atoms with Crippen molar-refractivity contribution in [2.75, 3.05) is 20.3 Å². The van der Waals surface area contributed by atoms with Gasteiger partial charge in [-0.25, -0.2) is 0 Å². The van der Waals surface area contributed by atoms with Crippen LogP contribution in [0.4, 0.5) is 0 Å². The number of benzene rings is 1. The van der Waals surface area contributed by atoms with E-state index in [1.807, 2.05) is 24.1 Å². The van der Waals surface area contributed by atoms with Crippen LogP contribution in [0.1, 0.15) is 44.1 Å². The van der Waals surface area contributed by atoms with Crippen molar-refractivity contribution in [1.82, 2.24) is 4.90 Å². The van der Waals surface area contributed by atoms with Crippen LogP contribution in [0.3, 0.4) is 0 Å². The second kappa shape index (κ2) is 7.43. The van der Waals surface area contributed by atoms with Crippen molar-refractivity contribution in [1.29, 1.82) is 0 Å². The smallest absolute Gasteiger partial charge is 0.226 e. The van der Waals surface area contributed by atoms with Crippen molar-refractivity contribution in [3.8, 4) is 11.5 Å². The molecule has 23 heavy (non-hydrogen) atoms. The predicted octanol–water partition coefficient (Wildman–Crippen LogP) is 3.83. The fraction of sp³-hybridized carbons (Fsp3) is 0.611. The number of fused-ring (bicyclic) bond motifs is 1. The average Bonchev–Trinajstić information content (AvgIpc) is 2.80. The number of hydrogen-bond acceptors (Lipinski definition) is 3. The Labute approximate surface area is 142 Å². The van der Waals surface area contributed by atoms with E-state index in [9.17, 15) is 4.79 Å². The highest BCUT2D eigenvalue weighted by atomic mass is 35.5. The van der Waals surface area contributed by atoms with Gasteiger partial charge < -0.3 is 14.4 Å². The molecule has 1 aliphatic carbocycles. The van der Waals surface area contributed by atoms with Crippen LogP contribution in [-0.2, 0) is 11.2 Å². The van der Waals surface area contributed by atoms with Crippen LogP contribution in [0, 0.1) is 0 Å². The summed E-state index contributed by atoms with van der Waals surface area (Å²) in [6, 6.07) is 4.09. The molecule has 1 aromatic carbocycles. The fourth-order valence-electron chi connectivity index (χ4n) is 3.36. The lowest BCUT2D eigenvalue weighted by Gasteiger charge is -2.31. The minimum absolute atomic E-state index is 0.141. The maximum atomic E-state index is 12.6. The van der Waals surface area contributed by atoms with Gasteiger partial charge in [0.1, 0.15) is 0 Å². The molecule has 5 heteroatoms. The van der Waals surface area contributed by atoms with Crippen molar-refractivity contribution in [3.05, 3.63) is 22.7 Å². The molecule has 0 unspecified atom stereocenters. The standard InChI is InChI=1S/C18H24ClNO3/c1-20(14-6-3-2-4-7-14)17(21)12-13-10-15(19)18-16(11-13)22-8-5-9-23-18/h10-11,14H,2-9,12H2,1H3. The molecule has 0 saturated heterocycles. The normalized spacial score (nSPS) is 18.3. The van der Waals surface area contributed by atoms with Crippen LogP contribution in [-0.4, -0.2) is 37.1 Å². The minimum atomic E-state index is 0.141. The Morgan fingerprint density at radius 1 is 1.17 bits per heavy atom. The first-order valence-electron chi connectivity index (χ1n) is 8.49. The summed E-state index contributed by atoms with van der Waals surface area (Å²) in [6.07, 6.45) is 7.15. The summed E-state index contributed by atoms with van der Waals surface area (Å²) in [5.74, 6) is 1.39. The molecule has 0 bridgehead atoms. The topological polar surface area (TPSA) is 38.8 Å². The van der Waals surface area contributed by atoms with E-state index in [4.69, 9.17) is 21.1 Å². The quantitative estimate of drug-likeness (QED) is 0.841. The summed E-state index contributed by atoms with van der Waals surface area (Å²) in [5.41, 5.74) is 0.881. The van der Waals surface area contributed by atoms with Crippen molar-refractivity contribution in [2.24, 2.45) is 0 Å². The Balaban J connectivity index is 1.70. The van der Waals surface area contributed by atoms with E-state index in [0.717, 1.165) is 24.8 Å². The number of rotatable bonds is 3. The van der Waals surface area contributed by atoms with E-state index in [0.29, 0.717) is 42.2 Å². The number of hydrogen-bond donors (Lipinski definition) is 0. The number of ether oxygens (including phenoxy) is 2. The SMILES string of the molecule is CN(C(=O)Cc1cc(Cl)c2c(c1)OCCCO2)C1CCCCC1. The van der Waals surface area contributed by atoms with E-state index >= 15 is 0 Å². The Hall–Kier alpha value is -1.42. The van der Waals surface area contributed by atoms with Crippen molar-refractivity contribution < 1.29 is 14.3 Å². The Kier molecular flexibility index (Phi) is 5.31. The molecule has 3 rings (SSSR count). The van der Waals surface area contributed by atoms with E-state index in [1.165, 1.54) is 19.3 Å². The van der Waals surface area contributed by atoms with Crippen molar-refractivity contribution in [2.45, 2.75) is 51.0 Å². The summed E-state index contributed by atoms with van der Waals surface area (Å²) in [7, 11) is 1.92. The lowest BCUT2D eigenvalue weighted by atomic mass is 9.94. The van der Waals surface area contributed by atoms with E-state index in [2.05, 4.69) is 0 Å². The molecule has 1 heterocycles. The lowest BCUT2D eigenvalue weighted by molar-refractivity contribution is -0.131. The highest BCUT2D eigenvalue weighted by molar-refractivity contribution is 6.32. The number of carbonyl (C=O) groups excluding carboxylic acids is 1. The molecule has 1 saturated carbocycles.